The number of anilines is 1. The highest BCUT2D eigenvalue weighted by Crippen LogP contribution is 2.30. The number of likely N-dealkylation sites (tertiary alicyclic amines) is 1. The molecule has 0 radical (unpaired) electrons. The van der Waals surface area contributed by atoms with Crippen molar-refractivity contribution in [3.8, 4) is 11.5 Å². The van der Waals surface area contributed by atoms with Crippen LogP contribution in [0.15, 0.2) is 54.6 Å². The highest BCUT2D eigenvalue weighted by molar-refractivity contribution is 6.07. The van der Waals surface area contributed by atoms with Gasteiger partial charge < -0.3 is 25.0 Å². The van der Waals surface area contributed by atoms with Gasteiger partial charge in [0.25, 0.3) is 5.91 Å². The molecule has 2 aromatic carbocycles. The Bertz CT molecular complexity index is 989. The average molecular weight is 438 g/mol. The van der Waals surface area contributed by atoms with Gasteiger partial charge in [0.2, 0.25) is 0 Å². The Morgan fingerprint density at radius 3 is 2.47 bits per heavy atom. The minimum Gasteiger partial charge on any atom is -0.495 e. The molecule has 1 spiro atoms. The summed E-state index contributed by atoms with van der Waals surface area (Å²) < 4.78 is 10.9. The van der Waals surface area contributed by atoms with Crippen molar-refractivity contribution in [1.29, 1.82) is 0 Å². The molecule has 0 atom stereocenters. The summed E-state index contributed by atoms with van der Waals surface area (Å²) in [4.78, 5) is 41.0. The van der Waals surface area contributed by atoms with Crippen molar-refractivity contribution >= 4 is 23.7 Å². The van der Waals surface area contributed by atoms with Crippen molar-refractivity contribution in [3.63, 3.8) is 0 Å². The summed E-state index contributed by atoms with van der Waals surface area (Å²) in [5, 5.41) is 5.69. The van der Waals surface area contributed by atoms with E-state index in [1.54, 1.807) is 24.1 Å². The zero-order valence-corrected chi connectivity index (χ0v) is 17.9. The maximum absolute atomic E-state index is 13.0. The lowest BCUT2D eigenvalue weighted by Gasteiger charge is -2.37. The van der Waals surface area contributed by atoms with Crippen molar-refractivity contribution in [3.05, 3.63) is 54.6 Å². The number of methoxy groups -OCH3 is 1. The van der Waals surface area contributed by atoms with Crippen molar-refractivity contribution in [2.75, 3.05) is 38.7 Å². The number of amides is 5. The third-order valence-corrected chi connectivity index (χ3v) is 5.83. The quantitative estimate of drug-likeness (QED) is 0.676. The molecule has 2 aliphatic rings. The number of benzene rings is 2. The standard InChI is InChI=1S/C23H26N4O5/c1-31-19-10-6-5-9-18(19)24-21(29)26-13-11-23(12-14-26)20(28)27(22(30)25-23)15-16-32-17-7-3-2-4-8-17/h2-10H,11-16H2,1H3,(H,24,29)(H,25,30). The maximum Gasteiger partial charge on any atom is 0.325 e. The molecule has 32 heavy (non-hydrogen) atoms. The van der Waals surface area contributed by atoms with E-state index in [2.05, 4.69) is 10.6 Å². The molecule has 0 saturated carbocycles. The van der Waals surface area contributed by atoms with Gasteiger partial charge in [-0.05, 0) is 37.1 Å². The Morgan fingerprint density at radius 2 is 1.75 bits per heavy atom. The zero-order chi connectivity index (χ0) is 22.6. The van der Waals surface area contributed by atoms with Crippen LogP contribution in [0.25, 0.3) is 0 Å². The van der Waals surface area contributed by atoms with Crippen LogP contribution in [0, 0.1) is 0 Å². The van der Waals surface area contributed by atoms with E-state index in [-0.39, 0.29) is 25.1 Å². The van der Waals surface area contributed by atoms with Crippen LogP contribution in [0.2, 0.25) is 0 Å². The summed E-state index contributed by atoms with van der Waals surface area (Å²) >= 11 is 0. The Balaban J connectivity index is 1.31. The number of urea groups is 2. The molecule has 2 N–H and O–H groups in total. The fourth-order valence-electron chi connectivity index (χ4n) is 4.02. The molecule has 168 valence electrons. The molecule has 2 aliphatic heterocycles. The van der Waals surface area contributed by atoms with Crippen molar-refractivity contribution in [2.45, 2.75) is 18.4 Å². The SMILES string of the molecule is COc1ccccc1NC(=O)N1CCC2(CC1)NC(=O)N(CCOc1ccccc1)C2=O. The lowest BCUT2D eigenvalue weighted by molar-refractivity contribution is -0.133. The van der Waals surface area contributed by atoms with Crippen LogP contribution in [0.3, 0.4) is 0 Å². The fourth-order valence-corrected chi connectivity index (χ4v) is 4.02. The number of nitrogens with zero attached hydrogens (tertiary/aromatic N) is 2. The first-order chi connectivity index (χ1) is 15.5. The molecule has 2 heterocycles. The van der Waals surface area contributed by atoms with Gasteiger partial charge in [-0.15, -0.1) is 0 Å². The van der Waals surface area contributed by atoms with Crippen LogP contribution in [0.1, 0.15) is 12.8 Å². The number of ether oxygens (including phenoxy) is 2. The Kier molecular flexibility index (Phi) is 6.16. The van der Waals surface area contributed by atoms with Crippen LogP contribution in [0.5, 0.6) is 11.5 Å². The number of imide groups is 1. The van der Waals surface area contributed by atoms with Crippen molar-refractivity contribution in [1.82, 2.24) is 15.1 Å². The van der Waals surface area contributed by atoms with Gasteiger partial charge in [-0.3, -0.25) is 9.69 Å². The molecule has 0 bridgehead atoms. The Labute approximate surface area is 186 Å². The van der Waals surface area contributed by atoms with E-state index in [0.29, 0.717) is 43.1 Å². The van der Waals surface area contributed by atoms with E-state index >= 15 is 0 Å². The molecule has 5 amide bonds. The Hall–Kier alpha value is -3.75. The minimum atomic E-state index is -0.967. The molecule has 0 aliphatic carbocycles. The molecule has 2 fully saturated rings. The van der Waals surface area contributed by atoms with E-state index in [1.807, 2.05) is 42.5 Å². The molecule has 2 saturated heterocycles. The number of nitrogens with one attached hydrogen (secondary N) is 2. The Morgan fingerprint density at radius 1 is 1.06 bits per heavy atom. The number of hydrogen-bond donors (Lipinski definition) is 2. The van der Waals surface area contributed by atoms with E-state index in [0.717, 1.165) is 0 Å². The van der Waals surface area contributed by atoms with Gasteiger partial charge in [-0.25, -0.2) is 9.59 Å². The minimum absolute atomic E-state index is 0.166. The number of hydrogen-bond acceptors (Lipinski definition) is 5. The normalized spacial score (nSPS) is 17.3. The van der Waals surface area contributed by atoms with Gasteiger partial charge in [0.15, 0.2) is 0 Å². The molecule has 9 nitrogen and oxygen atoms in total. The van der Waals surface area contributed by atoms with Gasteiger partial charge in [-0.2, -0.15) is 0 Å². The number of para-hydroxylation sites is 3. The van der Waals surface area contributed by atoms with Crippen LogP contribution >= 0.6 is 0 Å². The van der Waals surface area contributed by atoms with Crippen LogP contribution in [-0.4, -0.2) is 66.7 Å². The molecular formula is C23H26N4O5. The molecular weight excluding hydrogens is 412 g/mol. The summed E-state index contributed by atoms with van der Waals surface area (Å²) in [6, 6.07) is 15.7. The topological polar surface area (TPSA) is 100 Å². The van der Waals surface area contributed by atoms with Gasteiger partial charge in [0.1, 0.15) is 23.6 Å². The van der Waals surface area contributed by atoms with Crippen molar-refractivity contribution < 1.29 is 23.9 Å². The number of carbonyl (C=O) groups is 3. The molecule has 9 heteroatoms. The van der Waals surface area contributed by atoms with Gasteiger partial charge in [0.05, 0.1) is 19.3 Å². The van der Waals surface area contributed by atoms with Crippen LogP contribution in [0.4, 0.5) is 15.3 Å². The maximum atomic E-state index is 13.0. The lowest BCUT2D eigenvalue weighted by atomic mass is 9.87. The zero-order valence-electron chi connectivity index (χ0n) is 17.9. The summed E-state index contributed by atoms with van der Waals surface area (Å²) in [5.74, 6) is 0.994. The third-order valence-electron chi connectivity index (χ3n) is 5.83. The molecule has 4 rings (SSSR count). The second kappa shape index (κ2) is 9.17. The highest BCUT2D eigenvalue weighted by atomic mass is 16.5. The van der Waals surface area contributed by atoms with Gasteiger partial charge in [-0.1, -0.05) is 30.3 Å². The summed E-state index contributed by atoms with van der Waals surface area (Å²) in [7, 11) is 1.54. The predicted octanol–water partition coefficient (Wildman–Crippen LogP) is 2.69. The smallest absolute Gasteiger partial charge is 0.325 e. The van der Waals surface area contributed by atoms with Gasteiger partial charge in [0, 0.05) is 13.1 Å². The fraction of sp³-hybridized carbons (Fsp3) is 0.348. The predicted molar refractivity (Wildman–Crippen MR) is 118 cm³/mol. The largest absolute Gasteiger partial charge is 0.495 e. The van der Waals surface area contributed by atoms with E-state index in [9.17, 15) is 14.4 Å². The lowest BCUT2D eigenvalue weighted by Crippen LogP contribution is -2.56. The molecule has 2 aromatic rings. The van der Waals surface area contributed by atoms with Crippen LogP contribution < -0.4 is 20.1 Å². The first kappa shape index (κ1) is 21.5. The second-order valence-corrected chi connectivity index (χ2v) is 7.75. The highest BCUT2D eigenvalue weighted by Gasteiger charge is 2.52. The van der Waals surface area contributed by atoms with Crippen molar-refractivity contribution in [2.24, 2.45) is 0 Å². The summed E-state index contributed by atoms with van der Waals surface area (Å²) in [5.41, 5.74) is -0.388. The summed E-state index contributed by atoms with van der Waals surface area (Å²) in [6.07, 6.45) is 0.708. The first-order valence-electron chi connectivity index (χ1n) is 10.5. The van der Waals surface area contributed by atoms with E-state index < -0.39 is 11.6 Å². The second-order valence-electron chi connectivity index (χ2n) is 7.75. The molecule has 0 unspecified atom stereocenters. The van der Waals surface area contributed by atoms with Gasteiger partial charge >= 0.3 is 12.1 Å². The third kappa shape index (κ3) is 4.32. The van der Waals surface area contributed by atoms with E-state index in [4.69, 9.17) is 9.47 Å². The van der Waals surface area contributed by atoms with Crippen LogP contribution in [-0.2, 0) is 4.79 Å². The summed E-state index contributed by atoms with van der Waals surface area (Å²) in [6.45, 7) is 1.08. The number of rotatable bonds is 6. The van der Waals surface area contributed by atoms with E-state index in [1.165, 1.54) is 4.90 Å². The number of carbonyl (C=O) groups excluding carboxylic acids is 3. The first-order valence-corrected chi connectivity index (χ1v) is 10.5. The molecule has 0 aromatic heterocycles. The monoisotopic (exact) mass is 438 g/mol. The number of piperidine rings is 1. The average Bonchev–Trinajstić information content (AvgIpc) is 3.04.